The van der Waals surface area contributed by atoms with Gasteiger partial charge >= 0.3 is 0 Å². The Hall–Kier alpha value is -1.18. The first-order chi connectivity index (χ1) is 9.51. The Morgan fingerprint density at radius 2 is 2.10 bits per heavy atom. The summed E-state index contributed by atoms with van der Waals surface area (Å²) in [6, 6.07) is 3.05. The third-order valence-electron chi connectivity index (χ3n) is 3.70. The van der Waals surface area contributed by atoms with E-state index in [1.165, 1.54) is 18.3 Å². The summed E-state index contributed by atoms with van der Waals surface area (Å²) >= 11 is 0. The molecule has 112 valence electrons. The first kappa shape index (κ1) is 15.2. The van der Waals surface area contributed by atoms with Crippen molar-refractivity contribution in [2.75, 3.05) is 39.0 Å². The van der Waals surface area contributed by atoms with Crippen molar-refractivity contribution in [3.05, 3.63) is 18.3 Å². The Morgan fingerprint density at radius 1 is 1.40 bits per heavy atom. The van der Waals surface area contributed by atoms with Crippen LogP contribution in [0, 0.1) is 5.92 Å². The van der Waals surface area contributed by atoms with Crippen LogP contribution in [0.1, 0.15) is 12.8 Å². The van der Waals surface area contributed by atoms with Crippen molar-refractivity contribution in [3.63, 3.8) is 0 Å². The highest BCUT2D eigenvalue weighted by Gasteiger charge is 2.20. The van der Waals surface area contributed by atoms with Gasteiger partial charge in [0.1, 0.15) is 5.82 Å². The van der Waals surface area contributed by atoms with Crippen molar-refractivity contribution in [3.8, 4) is 0 Å². The van der Waals surface area contributed by atoms with E-state index in [9.17, 15) is 8.42 Å². The predicted octanol–water partition coefficient (Wildman–Crippen LogP) is 0.743. The molecule has 1 aromatic rings. The maximum absolute atomic E-state index is 12.2. The number of pyridine rings is 1. The van der Waals surface area contributed by atoms with E-state index in [1.54, 1.807) is 7.05 Å². The highest BCUT2D eigenvalue weighted by atomic mass is 32.2. The number of hydrogen-bond donors (Lipinski definition) is 2. The molecule has 0 bridgehead atoms. The minimum absolute atomic E-state index is 0.254. The minimum Gasteiger partial charge on any atom is -0.373 e. The molecule has 7 heteroatoms. The van der Waals surface area contributed by atoms with E-state index < -0.39 is 10.0 Å². The minimum atomic E-state index is -3.45. The van der Waals surface area contributed by atoms with Crippen molar-refractivity contribution in [1.29, 1.82) is 0 Å². The van der Waals surface area contributed by atoms with E-state index in [0.717, 1.165) is 25.9 Å². The van der Waals surface area contributed by atoms with Crippen molar-refractivity contribution in [1.82, 2.24) is 14.6 Å². The number of hydrogen-bond acceptors (Lipinski definition) is 5. The van der Waals surface area contributed by atoms with Gasteiger partial charge in [0, 0.05) is 25.9 Å². The Morgan fingerprint density at radius 3 is 2.75 bits per heavy atom. The Bertz CT molecular complexity index is 539. The summed E-state index contributed by atoms with van der Waals surface area (Å²) < 4.78 is 27.2. The van der Waals surface area contributed by atoms with Gasteiger partial charge in [-0.25, -0.2) is 18.1 Å². The van der Waals surface area contributed by atoms with Gasteiger partial charge in [0.25, 0.3) is 0 Å². The van der Waals surface area contributed by atoms with Crippen LogP contribution in [0.15, 0.2) is 23.2 Å². The number of nitrogens with zero attached hydrogens (tertiary/aromatic N) is 2. The van der Waals surface area contributed by atoms with E-state index in [4.69, 9.17) is 0 Å². The van der Waals surface area contributed by atoms with Crippen LogP contribution in [0.3, 0.4) is 0 Å². The van der Waals surface area contributed by atoms with E-state index >= 15 is 0 Å². The molecule has 1 aliphatic heterocycles. The lowest BCUT2D eigenvalue weighted by atomic mass is 9.98. The summed E-state index contributed by atoms with van der Waals surface area (Å²) in [7, 11) is 0.357. The van der Waals surface area contributed by atoms with Crippen LogP contribution in [0.5, 0.6) is 0 Å². The first-order valence-electron chi connectivity index (χ1n) is 6.83. The molecule has 0 spiro atoms. The zero-order valence-corrected chi connectivity index (χ0v) is 12.8. The number of nitrogens with one attached hydrogen (secondary N) is 2. The fourth-order valence-corrected chi connectivity index (χ4v) is 3.42. The lowest BCUT2D eigenvalue weighted by molar-refractivity contribution is 0.220. The molecule has 2 heterocycles. The van der Waals surface area contributed by atoms with Crippen LogP contribution < -0.4 is 10.0 Å². The number of rotatable bonds is 5. The second-order valence-electron chi connectivity index (χ2n) is 5.23. The van der Waals surface area contributed by atoms with Crippen molar-refractivity contribution < 1.29 is 8.42 Å². The van der Waals surface area contributed by atoms with Crippen LogP contribution in [-0.4, -0.2) is 52.0 Å². The maximum atomic E-state index is 12.2. The lowest BCUT2D eigenvalue weighted by Crippen LogP contribution is -2.36. The topological polar surface area (TPSA) is 74.3 Å². The largest absolute Gasteiger partial charge is 0.373 e. The number of likely N-dealkylation sites (tertiary alicyclic amines) is 1. The highest BCUT2D eigenvalue weighted by Crippen LogP contribution is 2.17. The average molecular weight is 298 g/mol. The van der Waals surface area contributed by atoms with Gasteiger partial charge in [0.2, 0.25) is 10.0 Å². The van der Waals surface area contributed by atoms with Gasteiger partial charge in [0.05, 0.1) is 4.90 Å². The molecule has 0 aromatic carbocycles. The second-order valence-corrected chi connectivity index (χ2v) is 6.99. The molecule has 1 fully saturated rings. The molecule has 20 heavy (non-hydrogen) atoms. The molecule has 0 unspecified atom stereocenters. The van der Waals surface area contributed by atoms with Gasteiger partial charge < -0.3 is 10.2 Å². The molecular weight excluding hydrogens is 276 g/mol. The number of piperidine rings is 1. The SMILES string of the molecule is CNc1cc(S(=O)(=O)NCC2CCN(C)CC2)ccn1. The Balaban J connectivity index is 1.96. The summed E-state index contributed by atoms with van der Waals surface area (Å²) in [5.74, 6) is 0.971. The van der Waals surface area contributed by atoms with Gasteiger partial charge in [-0.05, 0) is 45.0 Å². The molecule has 2 rings (SSSR count). The monoisotopic (exact) mass is 298 g/mol. The van der Waals surface area contributed by atoms with Gasteiger partial charge in [-0.15, -0.1) is 0 Å². The molecular formula is C13H22N4O2S. The van der Waals surface area contributed by atoms with Gasteiger partial charge in [-0.1, -0.05) is 0 Å². The summed E-state index contributed by atoms with van der Waals surface area (Å²) in [4.78, 5) is 6.55. The number of anilines is 1. The average Bonchev–Trinajstić information content (AvgIpc) is 2.47. The smallest absolute Gasteiger partial charge is 0.240 e. The van der Waals surface area contributed by atoms with Crippen molar-refractivity contribution in [2.45, 2.75) is 17.7 Å². The van der Waals surface area contributed by atoms with E-state index in [0.29, 0.717) is 18.3 Å². The zero-order valence-electron chi connectivity index (χ0n) is 12.0. The summed E-state index contributed by atoms with van der Waals surface area (Å²) in [6.07, 6.45) is 3.57. The second kappa shape index (κ2) is 6.51. The molecule has 6 nitrogen and oxygen atoms in total. The van der Waals surface area contributed by atoms with Gasteiger partial charge in [-0.3, -0.25) is 0 Å². The first-order valence-corrected chi connectivity index (χ1v) is 8.31. The number of sulfonamides is 1. The third kappa shape index (κ3) is 3.91. The summed E-state index contributed by atoms with van der Waals surface area (Å²) in [5.41, 5.74) is 0. The Kier molecular flexibility index (Phi) is 4.95. The molecule has 0 atom stereocenters. The van der Waals surface area contributed by atoms with E-state index in [2.05, 4.69) is 27.0 Å². The molecule has 0 radical (unpaired) electrons. The van der Waals surface area contributed by atoms with Crippen molar-refractivity contribution in [2.24, 2.45) is 5.92 Å². The van der Waals surface area contributed by atoms with E-state index in [-0.39, 0.29) is 4.90 Å². The van der Waals surface area contributed by atoms with Gasteiger partial charge in [0.15, 0.2) is 0 Å². The third-order valence-corrected chi connectivity index (χ3v) is 5.12. The summed E-state index contributed by atoms with van der Waals surface area (Å²) in [6.45, 7) is 2.57. The predicted molar refractivity (Wildman–Crippen MR) is 79.2 cm³/mol. The standard InChI is InChI=1S/C13H22N4O2S/c1-14-13-9-12(3-6-15-13)20(18,19)16-10-11-4-7-17(2)8-5-11/h3,6,9,11,16H,4-5,7-8,10H2,1-2H3,(H,14,15). The molecule has 0 amide bonds. The quantitative estimate of drug-likeness (QED) is 0.839. The van der Waals surface area contributed by atoms with Crippen LogP contribution in [0.4, 0.5) is 5.82 Å². The van der Waals surface area contributed by atoms with Crippen LogP contribution in [0.2, 0.25) is 0 Å². The molecule has 0 aliphatic carbocycles. The maximum Gasteiger partial charge on any atom is 0.240 e. The normalized spacial score (nSPS) is 18.1. The van der Waals surface area contributed by atoms with Crippen LogP contribution in [0.25, 0.3) is 0 Å². The Labute approximate surface area is 120 Å². The molecule has 2 N–H and O–H groups in total. The molecule has 1 aromatic heterocycles. The fraction of sp³-hybridized carbons (Fsp3) is 0.615. The van der Waals surface area contributed by atoms with E-state index in [1.807, 2.05) is 0 Å². The van der Waals surface area contributed by atoms with Gasteiger partial charge in [-0.2, -0.15) is 0 Å². The van der Waals surface area contributed by atoms with Crippen LogP contribution >= 0.6 is 0 Å². The number of aromatic nitrogens is 1. The lowest BCUT2D eigenvalue weighted by Gasteiger charge is -2.28. The zero-order chi connectivity index (χ0) is 14.6. The van der Waals surface area contributed by atoms with Crippen LogP contribution in [-0.2, 0) is 10.0 Å². The highest BCUT2D eigenvalue weighted by molar-refractivity contribution is 7.89. The summed E-state index contributed by atoms with van der Waals surface area (Å²) in [5, 5.41) is 2.84. The fourth-order valence-electron chi connectivity index (χ4n) is 2.29. The molecule has 1 saturated heterocycles. The molecule has 1 aliphatic rings. The van der Waals surface area contributed by atoms with Crippen molar-refractivity contribution >= 4 is 15.8 Å². The molecule has 0 saturated carbocycles.